The zero-order valence-corrected chi connectivity index (χ0v) is 13.5. The fraction of sp³-hybridized carbons (Fsp3) is 0.235. The topological polar surface area (TPSA) is 95.8 Å². The summed E-state index contributed by atoms with van der Waals surface area (Å²) in [6.45, 7) is 3.74. The fourth-order valence-corrected chi connectivity index (χ4v) is 2.78. The van der Waals surface area contributed by atoms with Crippen molar-refractivity contribution in [2.24, 2.45) is 0 Å². The van der Waals surface area contributed by atoms with Crippen molar-refractivity contribution in [3.8, 4) is 0 Å². The average molecular weight is 325 g/mol. The quantitative estimate of drug-likeness (QED) is 0.672. The van der Waals surface area contributed by atoms with Crippen LogP contribution in [0.3, 0.4) is 0 Å². The number of amides is 1. The van der Waals surface area contributed by atoms with Crippen LogP contribution >= 0.6 is 0 Å². The van der Waals surface area contributed by atoms with E-state index in [1.165, 1.54) is 6.33 Å². The van der Waals surface area contributed by atoms with Gasteiger partial charge in [-0.25, -0.2) is 14.5 Å². The number of nitrogens with zero attached hydrogens (tertiary/aromatic N) is 3. The number of carbonyl (C=O) groups is 1. The Bertz CT molecular complexity index is 878. The van der Waals surface area contributed by atoms with Gasteiger partial charge < -0.3 is 15.4 Å². The summed E-state index contributed by atoms with van der Waals surface area (Å²) in [7, 11) is 0. The standard InChI is InChI=1S/C17H19N5O2/c1-17(2,21-16(23)24)8-13-9-19-15-12(4-3-5-14(13)15)6-7-22-11-18-10-20-22/h3-7,9-11,19,21H,8H2,1-2H3,(H,23,24)/b7-6+. The Morgan fingerprint density at radius 3 is 3.00 bits per heavy atom. The molecule has 7 nitrogen and oxygen atoms in total. The van der Waals surface area contributed by atoms with Gasteiger partial charge in [0, 0.05) is 28.9 Å². The Labute approximate surface area is 139 Å². The summed E-state index contributed by atoms with van der Waals surface area (Å²) in [5.74, 6) is 0. The van der Waals surface area contributed by atoms with Gasteiger partial charge in [0.2, 0.25) is 0 Å². The number of hydrogen-bond acceptors (Lipinski definition) is 3. The lowest BCUT2D eigenvalue weighted by Gasteiger charge is -2.24. The molecule has 0 bridgehead atoms. The van der Waals surface area contributed by atoms with Gasteiger partial charge in [0.25, 0.3) is 0 Å². The van der Waals surface area contributed by atoms with Crippen LogP contribution in [0.2, 0.25) is 0 Å². The largest absolute Gasteiger partial charge is 0.465 e. The van der Waals surface area contributed by atoms with Crippen molar-refractivity contribution in [3.05, 3.63) is 48.2 Å². The lowest BCUT2D eigenvalue weighted by atomic mass is 9.94. The fourth-order valence-electron chi connectivity index (χ4n) is 2.78. The van der Waals surface area contributed by atoms with E-state index in [4.69, 9.17) is 5.11 Å². The van der Waals surface area contributed by atoms with Crippen molar-refractivity contribution in [2.45, 2.75) is 25.8 Å². The molecule has 3 N–H and O–H groups in total. The van der Waals surface area contributed by atoms with E-state index in [0.717, 1.165) is 22.0 Å². The normalized spacial score (nSPS) is 12.1. The number of fused-ring (bicyclic) bond motifs is 1. The third-order valence-electron chi connectivity index (χ3n) is 3.75. The van der Waals surface area contributed by atoms with Crippen LogP contribution < -0.4 is 5.32 Å². The number of nitrogens with one attached hydrogen (secondary N) is 2. The molecule has 7 heteroatoms. The maximum absolute atomic E-state index is 10.9. The zero-order valence-electron chi connectivity index (χ0n) is 13.5. The van der Waals surface area contributed by atoms with Crippen LogP contribution in [-0.2, 0) is 6.42 Å². The predicted octanol–water partition coefficient (Wildman–Crippen LogP) is 2.98. The van der Waals surface area contributed by atoms with Crippen molar-refractivity contribution in [3.63, 3.8) is 0 Å². The number of aromatic nitrogens is 4. The van der Waals surface area contributed by atoms with Crippen LogP contribution in [0.15, 0.2) is 37.1 Å². The van der Waals surface area contributed by atoms with Gasteiger partial charge in [-0.2, -0.15) is 5.10 Å². The minimum atomic E-state index is -1.02. The summed E-state index contributed by atoms with van der Waals surface area (Å²) >= 11 is 0. The molecule has 124 valence electrons. The number of carboxylic acid groups (broad SMARTS) is 1. The van der Waals surface area contributed by atoms with Crippen LogP contribution in [0.1, 0.15) is 25.0 Å². The number of aromatic amines is 1. The third kappa shape index (κ3) is 3.45. The Morgan fingerprint density at radius 1 is 1.46 bits per heavy atom. The second kappa shape index (κ2) is 6.19. The Morgan fingerprint density at radius 2 is 2.29 bits per heavy atom. The number of rotatable bonds is 5. The van der Waals surface area contributed by atoms with Crippen molar-refractivity contribution in [1.29, 1.82) is 0 Å². The molecule has 0 unspecified atom stereocenters. The molecular weight excluding hydrogens is 306 g/mol. The minimum absolute atomic E-state index is 0.548. The Hall–Kier alpha value is -3.09. The smallest absolute Gasteiger partial charge is 0.405 e. The molecule has 2 aromatic heterocycles. The molecule has 0 atom stereocenters. The summed E-state index contributed by atoms with van der Waals surface area (Å²) in [5, 5.41) is 16.6. The van der Waals surface area contributed by atoms with Crippen LogP contribution in [0, 0.1) is 0 Å². The molecule has 0 radical (unpaired) electrons. The first-order chi connectivity index (χ1) is 11.4. The number of benzene rings is 1. The maximum Gasteiger partial charge on any atom is 0.405 e. The molecule has 1 amide bonds. The molecule has 2 heterocycles. The molecule has 0 fully saturated rings. The van der Waals surface area contributed by atoms with Crippen molar-refractivity contribution in [1.82, 2.24) is 25.1 Å². The molecule has 0 aliphatic carbocycles. The zero-order chi connectivity index (χ0) is 17.2. The predicted molar refractivity (Wildman–Crippen MR) is 92.5 cm³/mol. The van der Waals surface area contributed by atoms with Crippen molar-refractivity contribution in [2.75, 3.05) is 0 Å². The summed E-state index contributed by atoms with van der Waals surface area (Å²) in [6.07, 6.45) is 8.40. The molecule has 0 aliphatic rings. The number of para-hydroxylation sites is 1. The van der Waals surface area contributed by atoms with Gasteiger partial charge in [0.05, 0.1) is 5.52 Å². The van der Waals surface area contributed by atoms with Gasteiger partial charge in [-0.15, -0.1) is 0 Å². The van der Waals surface area contributed by atoms with E-state index in [1.54, 1.807) is 11.0 Å². The summed E-state index contributed by atoms with van der Waals surface area (Å²) < 4.78 is 1.63. The summed E-state index contributed by atoms with van der Waals surface area (Å²) in [6, 6.07) is 6.03. The second-order valence-corrected chi connectivity index (χ2v) is 6.27. The molecule has 0 aliphatic heterocycles. The van der Waals surface area contributed by atoms with Gasteiger partial charge in [-0.1, -0.05) is 18.2 Å². The van der Waals surface area contributed by atoms with Crippen LogP contribution in [0.4, 0.5) is 4.79 Å². The molecular formula is C17H19N5O2. The lowest BCUT2D eigenvalue weighted by molar-refractivity contribution is 0.182. The molecule has 0 saturated carbocycles. The van der Waals surface area contributed by atoms with Gasteiger partial charge in [0.1, 0.15) is 12.7 Å². The first kappa shape index (κ1) is 15.8. The van der Waals surface area contributed by atoms with Crippen molar-refractivity contribution >= 4 is 29.3 Å². The first-order valence-corrected chi connectivity index (χ1v) is 7.57. The second-order valence-electron chi connectivity index (χ2n) is 6.27. The Kier molecular flexibility index (Phi) is 4.07. The highest BCUT2D eigenvalue weighted by atomic mass is 16.4. The molecule has 24 heavy (non-hydrogen) atoms. The average Bonchev–Trinajstić information content (AvgIpc) is 3.14. The molecule has 3 rings (SSSR count). The van der Waals surface area contributed by atoms with Crippen LogP contribution in [-0.4, -0.2) is 36.5 Å². The lowest BCUT2D eigenvalue weighted by Crippen LogP contribution is -2.44. The van der Waals surface area contributed by atoms with E-state index in [2.05, 4.69) is 20.4 Å². The minimum Gasteiger partial charge on any atom is -0.465 e. The number of H-pyrrole nitrogens is 1. The highest BCUT2D eigenvalue weighted by Gasteiger charge is 2.22. The summed E-state index contributed by atoms with van der Waals surface area (Å²) in [5.41, 5.74) is 2.56. The van der Waals surface area contributed by atoms with Crippen molar-refractivity contribution < 1.29 is 9.90 Å². The van der Waals surface area contributed by atoms with Gasteiger partial charge in [0.15, 0.2) is 0 Å². The first-order valence-electron chi connectivity index (χ1n) is 7.57. The SMILES string of the molecule is CC(C)(Cc1c[nH]c2c(/C=C/n3cncn3)cccc12)NC(=O)O. The van der Waals surface area contributed by atoms with E-state index in [-0.39, 0.29) is 0 Å². The monoisotopic (exact) mass is 325 g/mol. The Balaban J connectivity index is 1.90. The van der Waals surface area contributed by atoms with E-state index < -0.39 is 11.6 Å². The van der Waals surface area contributed by atoms with E-state index in [1.807, 2.05) is 50.5 Å². The van der Waals surface area contributed by atoms with Crippen LogP contribution in [0.5, 0.6) is 0 Å². The molecule has 0 saturated heterocycles. The summed E-state index contributed by atoms with van der Waals surface area (Å²) in [4.78, 5) is 18.1. The van der Waals surface area contributed by atoms with Crippen LogP contribution in [0.25, 0.3) is 23.2 Å². The highest BCUT2D eigenvalue weighted by molar-refractivity contribution is 5.91. The van der Waals surface area contributed by atoms with Gasteiger partial charge in [-0.3, -0.25) is 0 Å². The molecule has 1 aromatic carbocycles. The maximum atomic E-state index is 10.9. The van der Waals surface area contributed by atoms with Gasteiger partial charge in [-0.05, 0) is 31.9 Å². The van der Waals surface area contributed by atoms with E-state index in [9.17, 15) is 4.79 Å². The molecule has 3 aromatic rings. The van der Waals surface area contributed by atoms with Gasteiger partial charge >= 0.3 is 6.09 Å². The highest BCUT2D eigenvalue weighted by Crippen LogP contribution is 2.26. The molecule has 0 spiro atoms. The number of hydrogen-bond donors (Lipinski definition) is 3. The van der Waals surface area contributed by atoms with E-state index in [0.29, 0.717) is 6.42 Å². The van der Waals surface area contributed by atoms with E-state index >= 15 is 0 Å². The third-order valence-corrected chi connectivity index (χ3v) is 3.75.